The molecule has 1 amide bonds. The molecule has 1 saturated heterocycles. The van der Waals surface area contributed by atoms with Crippen molar-refractivity contribution >= 4 is 29.9 Å². The number of hydrogen-bond donors (Lipinski definition) is 1. The topological polar surface area (TPSA) is 60.0 Å². The maximum Gasteiger partial charge on any atom is 0.254 e. The highest BCUT2D eigenvalue weighted by molar-refractivity contribution is 6.31. The van der Waals surface area contributed by atoms with Crippen molar-refractivity contribution in [3.63, 3.8) is 0 Å². The molecule has 2 heterocycles. The van der Waals surface area contributed by atoms with E-state index in [1.807, 2.05) is 29.2 Å². The van der Waals surface area contributed by atoms with Crippen LogP contribution in [-0.4, -0.2) is 50.8 Å². The second-order valence-corrected chi connectivity index (χ2v) is 6.85. The predicted molar refractivity (Wildman–Crippen MR) is 109 cm³/mol. The van der Waals surface area contributed by atoms with E-state index in [4.69, 9.17) is 25.8 Å². The molecule has 28 heavy (non-hydrogen) atoms. The summed E-state index contributed by atoms with van der Waals surface area (Å²) in [6.45, 7) is 2.88. The molecule has 2 aromatic carbocycles. The van der Waals surface area contributed by atoms with Gasteiger partial charge < -0.3 is 24.4 Å². The largest absolute Gasteiger partial charge is 0.493 e. The van der Waals surface area contributed by atoms with Crippen LogP contribution in [0.5, 0.6) is 17.2 Å². The van der Waals surface area contributed by atoms with Gasteiger partial charge in [0.25, 0.3) is 5.91 Å². The minimum Gasteiger partial charge on any atom is -0.493 e. The Labute approximate surface area is 175 Å². The third-order valence-corrected chi connectivity index (χ3v) is 5.19. The molecule has 150 valence electrons. The highest BCUT2D eigenvalue weighted by Crippen LogP contribution is 2.41. The number of hydrogen-bond acceptors (Lipinski definition) is 5. The molecule has 8 heteroatoms. The van der Waals surface area contributed by atoms with Gasteiger partial charge in [-0.1, -0.05) is 29.8 Å². The maximum atomic E-state index is 13.4. The van der Waals surface area contributed by atoms with Crippen LogP contribution in [-0.2, 0) is 0 Å². The highest BCUT2D eigenvalue weighted by Gasteiger charge is 2.31. The molecule has 0 aliphatic carbocycles. The lowest BCUT2D eigenvalue weighted by molar-refractivity contribution is 0.0633. The number of nitrogens with one attached hydrogen (secondary N) is 1. The fraction of sp³-hybridized carbons (Fsp3) is 0.350. The summed E-state index contributed by atoms with van der Waals surface area (Å²) in [6, 6.07) is 10.9. The second-order valence-electron chi connectivity index (χ2n) is 6.44. The predicted octanol–water partition coefficient (Wildman–Crippen LogP) is 3.33. The van der Waals surface area contributed by atoms with E-state index in [1.54, 1.807) is 19.2 Å². The van der Waals surface area contributed by atoms with Crippen molar-refractivity contribution in [2.75, 3.05) is 40.0 Å². The van der Waals surface area contributed by atoms with Crippen LogP contribution >= 0.6 is 24.0 Å². The molecule has 0 bridgehead atoms. The molecule has 0 aromatic heterocycles. The van der Waals surface area contributed by atoms with Gasteiger partial charge in [0.1, 0.15) is 13.2 Å². The number of rotatable bonds is 3. The van der Waals surface area contributed by atoms with Crippen LogP contribution in [0.3, 0.4) is 0 Å². The van der Waals surface area contributed by atoms with Crippen LogP contribution in [0.25, 0.3) is 0 Å². The summed E-state index contributed by atoms with van der Waals surface area (Å²) >= 11 is 6.39. The van der Waals surface area contributed by atoms with Crippen LogP contribution in [0, 0.1) is 0 Å². The number of carbonyl (C=O) groups is 1. The SMILES string of the molecule is COc1cc(C(=O)N2CCNCC2c2ccccc2Cl)cc2c1OCCO2.Cl. The summed E-state index contributed by atoms with van der Waals surface area (Å²) in [5.74, 6) is 1.49. The number of amides is 1. The van der Waals surface area contributed by atoms with E-state index in [9.17, 15) is 4.79 Å². The first kappa shape index (κ1) is 20.6. The van der Waals surface area contributed by atoms with Gasteiger partial charge in [-0.25, -0.2) is 0 Å². The van der Waals surface area contributed by atoms with Gasteiger partial charge >= 0.3 is 0 Å². The zero-order valence-electron chi connectivity index (χ0n) is 15.4. The highest BCUT2D eigenvalue weighted by atomic mass is 35.5. The van der Waals surface area contributed by atoms with Crippen molar-refractivity contribution in [1.29, 1.82) is 0 Å². The number of ether oxygens (including phenoxy) is 3. The number of fused-ring (bicyclic) bond motifs is 1. The zero-order chi connectivity index (χ0) is 18.8. The fourth-order valence-electron chi connectivity index (χ4n) is 3.53. The van der Waals surface area contributed by atoms with Gasteiger partial charge in [-0.2, -0.15) is 0 Å². The smallest absolute Gasteiger partial charge is 0.254 e. The first-order valence-corrected chi connectivity index (χ1v) is 9.30. The van der Waals surface area contributed by atoms with Crippen LogP contribution in [0.15, 0.2) is 36.4 Å². The van der Waals surface area contributed by atoms with Crippen LogP contribution in [0.2, 0.25) is 5.02 Å². The van der Waals surface area contributed by atoms with Crippen LogP contribution < -0.4 is 19.5 Å². The normalized spacial score (nSPS) is 18.2. The first-order chi connectivity index (χ1) is 13.2. The molecule has 4 rings (SSSR count). The van der Waals surface area contributed by atoms with Crippen molar-refractivity contribution in [3.8, 4) is 17.2 Å². The summed E-state index contributed by atoms with van der Waals surface area (Å²) in [4.78, 5) is 15.2. The maximum absolute atomic E-state index is 13.4. The Bertz CT molecular complexity index is 845. The summed E-state index contributed by atoms with van der Waals surface area (Å²) in [6.07, 6.45) is 0. The summed E-state index contributed by atoms with van der Waals surface area (Å²) in [5, 5.41) is 4.00. The van der Waals surface area contributed by atoms with E-state index in [0.29, 0.717) is 54.1 Å². The van der Waals surface area contributed by atoms with E-state index in [-0.39, 0.29) is 24.4 Å². The average Bonchev–Trinajstić information content (AvgIpc) is 2.72. The van der Waals surface area contributed by atoms with Crippen LogP contribution in [0.4, 0.5) is 0 Å². The summed E-state index contributed by atoms with van der Waals surface area (Å²) in [5.41, 5.74) is 1.44. The van der Waals surface area contributed by atoms with Gasteiger partial charge in [-0.05, 0) is 23.8 Å². The molecule has 2 aromatic rings. The molecule has 1 fully saturated rings. The summed E-state index contributed by atoms with van der Waals surface area (Å²) < 4.78 is 16.7. The van der Waals surface area contributed by atoms with E-state index < -0.39 is 0 Å². The Morgan fingerprint density at radius 1 is 1.25 bits per heavy atom. The van der Waals surface area contributed by atoms with E-state index in [2.05, 4.69) is 5.32 Å². The molecular weight excluding hydrogens is 403 g/mol. The van der Waals surface area contributed by atoms with Crippen molar-refractivity contribution < 1.29 is 19.0 Å². The Morgan fingerprint density at radius 3 is 2.82 bits per heavy atom. The molecule has 1 atom stereocenters. The number of nitrogens with zero attached hydrogens (tertiary/aromatic N) is 1. The first-order valence-electron chi connectivity index (χ1n) is 8.93. The lowest BCUT2D eigenvalue weighted by Crippen LogP contribution is -2.48. The Kier molecular flexibility index (Phi) is 6.54. The summed E-state index contributed by atoms with van der Waals surface area (Å²) in [7, 11) is 1.55. The second kappa shape index (κ2) is 8.90. The van der Waals surface area contributed by atoms with Gasteiger partial charge in [0, 0.05) is 30.2 Å². The minimum absolute atomic E-state index is 0. The standard InChI is InChI=1S/C20H21ClN2O4.ClH/c1-25-17-10-13(11-18-19(17)27-9-8-26-18)20(24)23-7-6-22-12-16(23)14-4-2-3-5-15(14)21;/h2-5,10-11,16,22H,6-9,12H2,1H3;1H. The van der Waals surface area contributed by atoms with Crippen molar-refractivity contribution in [3.05, 3.63) is 52.5 Å². The molecule has 1 unspecified atom stereocenters. The van der Waals surface area contributed by atoms with Gasteiger partial charge in [0.05, 0.1) is 13.2 Å². The van der Waals surface area contributed by atoms with Gasteiger partial charge in [0.2, 0.25) is 5.75 Å². The number of methoxy groups -OCH3 is 1. The van der Waals surface area contributed by atoms with Crippen molar-refractivity contribution in [2.24, 2.45) is 0 Å². The number of carbonyl (C=O) groups excluding carboxylic acids is 1. The third kappa shape index (κ3) is 3.85. The molecule has 0 saturated carbocycles. The minimum atomic E-state index is -0.140. The molecule has 0 radical (unpaired) electrons. The monoisotopic (exact) mass is 424 g/mol. The van der Waals surface area contributed by atoms with E-state index in [1.165, 1.54) is 0 Å². The lowest BCUT2D eigenvalue weighted by atomic mass is 10.0. The van der Waals surface area contributed by atoms with Crippen molar-refractivity contribution in [1.82, 2.24) is 10.2 Å². The Morgan fingerprint density at radius 2 is 2.04 bits per heavy atom. The molecule has 2 aliphatic heterocycles. The molecular formula is C20H22Cl2N2O4. The van der Waals surface area contributed by atoms with Crippen molar-refractivity contribution in [2.45, 2.75) is 6.04 Å². The number of halogens is 2. The Hall–Kier alpha value is -2.15. The van der Waals surface area contributed by atoms with E-state index in [0.717, 1.165) is 12.1 Å². The van der Waals surface area contributed by atoms with E-state index >= 15 is 0 Å². The average molecular weight is 425 g/mol. The third-order valence-electron chi connectivity index (χ3n) is 4.84. The molecule has 6 nitrogen and oxygen atoms in total. The van der Waals surface area contributed by atoms with Gasteiger partial charge in [0.15, 0.2) is 11.5 Å². The quantitative estimate of drug-likeness (QED) is 0.818. The van der Waals surface area contributed by atoms with Crippen LogP contribution in [0.1, 0.15) is 22.0 Å². The van der Waals surface area contributed by atoms with Gasteiger partial charge in [-0.3, -0.25) is 4.79 Å². The molecule has 1 N–H and O–H groups in total. The molecule has 2 aliphatic rings. The number of piperazine rings is 1. The Balaban J connectivity index is 0.00000225. The number of benzene rings is 2. The zero-order valence-corrected chi connectivity index (χ0v) is 17.0. The fourth-order valence-corrected chi connectivity index (χ4v) is 3.79. The van der Waals surface area contributed by atoms with Gasteiger partial charge in [-0.15, -0.1) is 12.4 Å². The molecule has 0 spiro atoms. The lowest BCUT2D eigenvalue weighted by Gasteiger charge is -2.37.